The molecule has 0 aromatic heterocycles. The van der Waals surface area contributed by atoms with Gasteiger partial charge in [0, 0.05) is 37.1 Å². The Morgan fingerprint density at radius 3 is 2.94 bits per heavy atom. The Bertz CT molecular complexity index is 394. The van der Waals surface area contributed by atoms with Gasteiger partial charge < -0.3 is 15.1 Å². The van der Waals surface area contributed by atoms with Gasteiger partial charge in [0.05, 0.1) is 0 Å². The molecule has 4 nitrogen and oxygen atoms in total. The van der Waals surface area contributed by atoms with Gasteiger partial charge >= 0.3 is 0 Å². The monoisotopic (exact) mass is 233 g/mol. The number of benzene rings is 1. The van der Waals surface area contributed by atoms with Crippen LogP contribution in [0.4, 0.5) is 11.4 Å². The molecule has 17 heavy (non-hydrogen) atoms. The Kier molecular flexibility index (Phi) is 3.64. The van der Waals surface area contributed by atoms with E-state index in [4.69, 9.17) is 0 Å². The third-order valence-electron chi connectivity index (χ3n) is 3.40. The van der Waals surface area contributed by atoms with E-state index in [0.29, 0.717) is 12.5 Å². The van der Waals surface area contributed by atoms with Gasteiger partial charge in [-0.2, -0.15) is 0 Å². The second kappa shape index (κ2) is 5.19. The van der Waals surface area contributed by atoms with Crippen molar-refractivity contribution in [3.8, 4) is 0 Å². The third-order valence-corrected chi connectivity index (χ3v) is 3.40. The predicted octanol–water partition coefficient (Wildman–Crippen LogP) is 1.40. The molecule has 0 bridgehead atoms. The number of hydrogen-bond donors (Lipinski definition) is 1. The van der Waals surface area contributed by atoms with E-state index in [0.717, 1.165) is 25.3 Å². The fourth-order valence-electron chi connectivity index (χ4n) is 2.14. The summed E-state index contributed by atoms with van der Waals surface area (Å²) in [6.07, 6.45) is 0.714. The number of nitrogens with one attached hydrogen (secondary N) is 1. The van der Waals surface area contributed by atoms with Crippen molar-refractivity contribution >= 4 is 17.8 Å². The van der Waals surface area contributed by atoms with Crippen molar-refractivity contribution in [1.82, 2.24) is 4.90 Å². The molecule has 0 unspecified atom stereocenters. The average molecular weight is 233 g/mol. The second-order valence-corrected chi connectivity index (χ2v) is 4.59. The summed E-state index contributed by atoms with van der Waals surface area (Å²) < 4.78 is 0. The first-order valence-electron chi connectivity index (χ1n) is 5.96. The van der Waals surface area contributed by atoms with Crippen molar-refractivity contribution in [3.05, 3.63) is 24.3 Å². The highest BCUT2D eigenvalue weighted by Gasteiger charge is 2.20. The Balaban J connectivity index is 2.11. The van der Waals surface area contributed by atoms with Crippen LogP contribution in [0.3, 0.4) is 0 Å². The van der Waals surface area contributed by atoms with E-state index in [1.165, 1.54) is 5.69 Å². The van der Waals surface area contributed by atoms with Crippen LogP contribution in [-0.2, 0) is 4.79 Å². The van der Waals surface area contributed by atoms with Crippen LogP contribution in [0.5, 0.6) is 0 Å². The number of carbonyl (C=O) groups excluding carboxylic acids is 1. The van der Waals surface area contributed by atoms with E-state index < -0.39 is 0 Å². The summed E-state index contributed by atoms with van der Waals surface area (Å²) in [4.78, 5) is 15.2. The van der Waals surface area contributed by atoms with Crippen LogP contribution in [0, 0.1) is 0 Å². The molecule has 0 saturated carbocycles. The first-order valence-corrected chi connectivity index (χ1v) is 5.96. The summed E-state index contributed by atoms with van der Waals surface area (Å²) in [5, 5.41) is 2.69. The molecule has 92 valence electrons. The lowest BCUT2D eigenvalue weighted by Crippen LogP contribution is -2.50. The standard InChI is InChI=1S/C13H19N3O/c1-11-9-16(7-6-15(11)2)13-5-3-4-12(8-13)14-10-17/h3-5,8,10-11H,6-7,9H2,1-2H3,(H,14,17)/t11-/m1/s1. The molecule has 4 heteroatoms. The lowest BCUT2D eigenvalue weighted by Gasteiger charge is -2.39. The normalized spacial score (nSPS) is 21.3. The summed E-state index contributed by atoms with van der Waals surface area (Å²) >= 11 is 0. The Morgan fingerprint density at radius 2 is 2.24 bits per heavy atom. The Labute approximate surface area is 102 Å². The number of piperazine rings is 1. The quantitative estimate of drug-likeness (QED) is 0.801. The summed E-state index contributed by atoms with van der Waals surface area (Å²) in [5.74, 6) is 0. The van der Waals surface area contributed by atoms with Crippen LogP contribution in [0.2, 0.25) is 0 Å². The molecule has 0 spiro atoms. The molecular formula is C13H19N3O. The van der Waals surface area contributed by atoms with Gasteiger partial charge in [-0.3, -0.25) is 4.79 Å². The smallest absolute Gasteiger partial charge is 0.211 e. The molecule has 1 aromatic rings. The molecule has 1 amide bonds. The molecule has 1 heterocycles. The van der Waals surface area contributed by atoms with Gasteiger partial charge in [-0.25, -0.2) is 0 Å². The van der Waals surface area contributed by atoms with Crippen LogP contribution < -0.4 is 10.2 Å². The van der Waals surface area contributed by atoms with Gasteiger partial charge in [0.15, 0.2) is 0 Å². The van der Waals surface area contributed by atoms with E-state index in [2.05, 4.69) is 35.2 Å². The molecule has 0 radical (unpaired) electrons. The number of rotatable bonds is 3. The van der Waals surface area contributed by atoms with Gasteiger partial charge in [-0.05, 0) is 32.2 Å². The minimum atomic E-state index is 0.562. The highest BCUT2D eigenvalue weighted by molar-refractivity contribution is 5.73. The predicted molar refractivity (Wildman–Crippen MR) is 70.4 cm³/mol. The molecule has 1 saturated heterocycles. The molecular weight excluding hydrogens is 214 g/mol. The molecule has 1 aliphatic rings. The molecule has 2 rings (SSSR count). The number of anilines is 2. The highest BCUT2D eigenvalue weighted by atomic mass is 16.1. The summed E-state index contributed by atoms with van der Waals surface area (Å²) in [6.45, 7) is 5.37. The first-order chi connectivity index (χ1) is 8.20. The number of hydrogen-bond acceptors (Lipinski definition) is 3. The van der Waals surface area contributed by atoms with Crippen LogP contribution in [0.25, 0.3) is 0 Å². The number of nitrogens with zero attached hydrogens (tertiary/aromatic N) is 2. The molecule has 0 aliphatic carbocycles. The molecule has 1 N–H and O–H groups in total. The number of likely N-dealkylation sites (N-methyl/N-ethyl adjacent to an activating group) is 1. The van der Waals surface area contributed by atoms with Crippen LogP contribution in [0.1, 0.15) is 6.92 Å². The van der Waals surface area contributed by atoms with E-state index in [1.54, 1.807) is 0 Å². The lowest BCUT2D eigenvalue weighted by molar-refractivity contribution is -0.105. The van der Waals surface area contributed by atoms with Crippen LogP contribution >= 0.6 is 0 Å². The van der Waals surface area contributed by atoms with Crippen LogP contribution in [-0.4, -0.2) is 44.0 Å². The van der Waals surface area contributed by atoms with Crippen molar-refractivity contribution in [2.75, 3.05) is 36.9 Å². The Hall–Kier alpha value is -1.55. The summed E-state index contributed by atoms with van der Waals surface area (Å²) in [6, 6.07) is 8.55. The minimum absolute atomic E-state index is 0.562. The van der Waals surface area contributed by atoms with E-state index >= 15 is 0 Å². The second-order valence-electron chi connectivity index (χ2n) is 4.59. The van der Waals surface area contributed by atoms with Crippen LogP contribution in [0.15, 0.2) is 24.3 Å². The van der Waals surface area contributed by atoms with E-state index in [-0.39, 0.29) is 0 Å². The fourth-order valence-corrected chi connectivity index (χ4v) is 2.14. The minimum Gasteiger partial charge on any atom is -0.369 e. The lowest BCUT2D eigenvalue weighted by atomic mass is 10.1. The summed E-state index contributed by atoms with van der Waals surface area (Å²) in [7, 11) is 2.16. The number of amides is 1. The van der Waals surface area contributed by atoms with Gasteiger partial charge in [-0.15, -0.1) is 0 Å². The summed E-state index contributed by atoms with van der Waals surface area (Å²) in [5.41, 5.74) is 2.03. The maximum absolute atomic E-state index is 10.4. The fraction of sp³-hybridized carbons (Fsp3) is 0.462. The zero-order valence-electron chi connectivity index (χ0n) is 10.4. The zero-order chi connectivity index (χ0) is 12.3. The number of carbonyl (C=O) groups is 1. The molecule has 1 aliphatic heterocycles. The van der Waals surface area contributed by atoms with Crippen molar-refractivity contribution < 1.29 is 4.79 Å². The maximum atomic E-state index is 10.4. The van der Waals surface area contributed by atoms with Crippen molar-refractivity contribution in [2.24, 2.45) is 0 Å². The third kappa shape index (κ3) is 2.77. The van der Waals surface area contributed by atoms with E-state index in [9.17, 15) is 4.79 Å². The molecule has 1 fully saturated rings. The maximum Gasteiger partial charge on any atom is 0.211 e. The van der Waals surface area contributed by atoms with Crippen molar-refractivity contribution in [3.63, 3.8) is 0 Å². The van der Waals surface area contributed by atoms with Crippen molar-refractivity contribution in [2.45, 2.75) is 13.0 Å². The van der Waals surface area contributed by atoms with Gasteiger partial charge in [-0.1, -0.05) is 6.07 Å². The topological polar surface area (TPSA) is 35.6 Å². The Morgan fingerprint density at radius 1 is 1.41 bits per heavy atom. The van der Waals surface area contributed by atoms with Gasteiger partial charge in [0.2, 0.25) is 6.41 Å². The SMILES string of the molecule is C[C@@H]1CN(c2cccc(NC=O)c2)CCN1C. The largest absolute Gasteiger partial charge is 0.369 e. The van der Waals surface area contributed by atoms with Gasteiger partial charge in [0.25, 0.3) is 0 Å². The van der Waals surface area contributed by atoms with Crippen molar-refractivity contribution in [1.29, 1.82) is 0 Å². The zero-order valence-corrected chi connectivity index (χ0v) is 10.4. The molecule has 1 aromatic carbocycles. The average Bonchev–Trinajstić information content (AvgIpc) is 2.33. The first kappa shape index (κ1) is 11.9. The van der Waals surface area contributed by atoms with Gasteiger partial charge in [0.1, 0.15) is 0 Å². The molecule has 1 atom stereocenters. The highest BCUT2D eigenvalue weighted by Crippen LogP contribution is 2.21. The van der Waals surface area contributed by atoms with E-state index in [1.807, 2.05) is 18.2 Å².